The van der Waals surface area contributed by atoms with Gasteiger partial charge in [-0.05, 0) is 74.5 Å². The van der Waals surface area contributed by atoms with Gasteiger partial charge in [0.25, 0.3) is 0 Å². The van der Waals surface area contributed by atoms with Gasteiger partial charge < -0.3 is 14.6 Å². The van der Waals surface area contributed by atoms with E-state index >= 15 is 0 Å². The third kappa shape index (κ3) is 3.29. The standard InChI is InChI=1S/C24H36O4/c1-15(20(25)26)18-16(23(6)13-9-12-21(2,3)14-23)10-11-17-19(18)24(7,27-8)28-22(17,4)5/h10-11,15H,9,12-14H2,1-8H3,(H,25,26)/t15-,23+,24-/m1/s1. The second kappa shape index (κ2) is 6.56. The number of ether oxygens (including phenoxy) is 2. The van der Waals surface area contributed by atoms with Gasteiger partial charge in [0.2, 0.25) is 0 Å². The molecule has 1 heterocycles. The average molecular weight is 389 g/mol. The van der Waals surface area contributed by atoms with Gasteiger partial charge in [-0.25, -0.2) is 0 Å². The number of carbonyl (C=O) groups is 1. The van der Waals surface area contributed by atoms with Crippen LogP contribution in [-0.4, -0.2) is 18.2 Å². The molecule has 1 aromatic carbocycles. The summed E-state index contributed by atoms with van der Waals surface area (Å²) in [5.41, 5.74) is 3.64. The lowest BCUT2D eigenvalue weighted by atomic mass is 9.60. The van der Waals surface area contributed by atoms with Crippen molar-refractivity contribution in [2.75, 3.05) is 7.11 Å². The van der Waals surface area contributed by atoms with Crippen molar-refractivity contribution in [2.45, 2.75) is 96.9 Å². The third-order valence-electron chi connectivity index (χ3n) is 7.09. The van der Waals surface area contributed by atoms with Crippen LogP contribution in [0.1, 0.15) is 102 Å². The first-order chi connectivity index (χ1) is 12.8. The number of rotatable bonds is 4. The van der Waals surface area contributed by atoms with Crippen LogP contribution in [0, 0.1) is 5.41 Å². The number of hydrogen-bond donors (Lipinski definition) is 1. The van der Waals surface area contributed by atoms with Crippen molar-refractivity contribution < 1.29 is 19.4 Å². The summed E-state index contributed by atoms with van der Waals surface area (Å²) in [6, 6.07) is 4.31. The van der Waals surface area contributed by atoms with E-state index in [0.717, 1.165) is 41.5 Å². The summed E-state index contributed by atoms with van der Waals surface area (Å²) in [5.74, 6) is -2.38. The highest BCUT2D eigenvalue weighted by Gasteiger charge is 2.51. The Labute approximate surface area is 169 Å². The number of methoxy groups -OCH3 is 1. The van der Waals surface area contributed by atoms with Crippen LogP contribution in [0.25, 0.3) is 0 Å². The highest BCUT2D eigenvalue weighted by molar-refractivity contribution is 5.78. The number of aliphatic carboxylic acids is 1. The quantitative estimate of drug-likeness (QED) is 0.706. The minimum Gasteiger partial charge on any atom is -0.481 e. The van der Waals surface area contributed by atoms with Crippen molar-refractivity contribution in [3.63, 3.8) is 0 Å². The van der Waals surface area contributed by atoms with Crippen LogP contribution in [0.2, 0.25) is 0 Å². The molecule has 4 nitrogen and oxygen atoms in total. The fourth-order valence-electron chi connectivity index (χ4n) is 5.87. The molecule has 1 fully saturated rings. The zero-order valence-electron chi connectivity index (χ0n) is 18.7. The van der Waals surface area contributed by atoms with E-state index in [4.69, 9.17) is 9.47 Å². The maximum absolute atomic E-state index is 12.1. The lowest BCUT2D eigenvalue weighted by molar-refractivity contribution is -0.254. The molecule has 28 heavy (non-hydrogen) atoms. The minimum absolute atomic E-state index is 0.0583. The monoisotopic (exact) mass is 388 g/mol. The van der Waals surface area contributed by atoms with Crippen LogP contribution >= 0.6 is 0 Å². The highest BCUT2D eigenvalue weighted by atomic mass is 16.7. The molecular weight excluding hydrogens is 352 g/mol. The fourth-order valence-corrected chi connectivity index (χ4v) is 5.87. The molecule has 2 aliphatic rings. The molecule has 1 aliphatic carbocycles. The molecule has 0 aromatic heterocycles. The molecule has 4 heteroatoms. The molecule has 0 amide bonds. The highest BCUT2D eigenvalue weighted by Crippen LogP contribution is 2.55. The second-order valence-corrected chi connectivity index (χ2v) is 10.5. The lowest BCUT2D eigenvalue weighted by Gasteiger charge is -2.45. The summed E-state index contributed by atoms with van der Waals surface area (Å²) < 4.78 is 12.2. The van der Waals surface area contributed by atoms with E-state index in [-0.39, 0.29) is 10.8 Å². The van der Waals surface area contributed by atoms with Crippen molar-refractivity contribution in [2.24, 2.45) is 5.41 Å². The second-order valence-electron chi connectivity index (χ2n) is 10.5. The molecule has 3 atom stereocenters. The van der Waals surface area contributed by atoms with Gasteiger partial charge in [0, 0.05) is 12.7 Å². The number of benzene rings is 1. The van der Waals surface area contributed by atoms with Crippen LogP contribution < -0.4 is 0 Å². The predicted molar refractivity (Wildman–Crippen MR) is 111 cm³/mol. The molecule has 156 valence electrons. The van der Waals surface area contributed by atoms with E-state index in [0.29, 0.717) is 0 Å². The van der Waals surface area contributed by atoms with Gasteiger partial charge in [-0.2, -0.15) is 0 Å². The number of carboxylic acid groups (broad SMARTS) is 1. The van der Waals surface area contributed by atoms with Crippen LogP contribution in [-0.2, 0) is 31.1 Å². The van der Waals surface area contributed by atoms with Crippen LogP contribution in [0.4, 0.5) is 0 Å². The Bertz CT molecular complexity index is 794. The normalized spacial score (nSPS) is 32.0. The number of hydrogen-bond acceptors (Lipinski definition) is 3. The maximum atomic E-state index is 12.1. The Morgan fingerprint density at radius 3 is 2.25 bits per heavy atom. The summed E-state index contributed by atoms with van der Waals surface area (Å²) in [6.45, 7) is 14.7. The molecule has 0 saturated heterocycles. The van der Waals surface area contributed by atoms with Gasteiger partial charge in [0.1, 0.15) is 0 Å². The van der Waals surface area contributed by atoms with Gasteiger partial charge in [0.05, 0.1) is 11.5 Å². The van der Waals surface area contributed by atoms with Crippen molar-refractivity contribution in [3.05, 3.63) is 34.4 Å². The van der Waals surface area contributed by atoms with Gasteiger partial charge in [-0.15, -0.1) is 0 Å². The molecule has 0 spiro atoms. The molecule has 1 N–H and O–H groups in total. The lowest BCUT2D eigenvalue weighted by Crippen LogP contribution is -2.37. The van der Waals surface area contributed by atoms with E-state index in [2.05, 4.69) is 32.9 Å². The number of fused-ring (bicyclic) bond motifs is 1. The molecule has 1 saturated carbocycles. The average Bonchev–Trinajstić information content (AvgIpc) is 2.79. The predicted octanol–water partition coefficient (Wildman–Crippen LogP) is 5.82. The van der Waals surface area contributed by atoms with Gasteiger partial charge in [0.15, 0.2) is 5.79 Å². The van der Waals surface area contributed by atoms with Crippen molar-refractivity contribution in [1.82, 2.24) is 0 Å². The van der Waals surface area contributed by atoms with E-state index in [1.807, 2.05) is 20.8 Å². The molecule has 1 aromatic rings. The molecular formula is C24H36O4. The van der Waals surface area contributed by atoms with E-state index in [1.54, 1.807) is 14.0 Å². The third-order valence-corrected chi connectivity index (χ3v) is 7.09. The largest absolute Gasteiger partial charge is 0.481 e. The zero-order chi connectivity index (χ0) is 21.1. The van der Waals surface area contributed by atoms with Gasteiger partial charge in [-0.3, -0.25) is 4.79 Å². The van der Waals surface area contributed by atoms with Crippen molar-refractivity contribution >= 4 is 5.97 Å². The Hall–Kier alpha value is -1.39. The minimum atomic E-state index is -0.950. The molecule has 3 rings (SSSR count). The molecule has 0 bridgehead atoms. The summed E-state index contributed by atoms with van der Waals surface area (Å²) in [6.07, 6.45) is 4.49. The summed E-state index contributed by atoms with van der Waals surface area (Å²) >= 11 is 0. The fraction of sp³-hybridized carbons (Fsp3) is 0.708. The van der Waals surface area contributed by atoms with Crippen molar-refractivity contribution in [3.8, 4) is 0 Å². The summed E-state index contributed by atoms with van der Waals surface area (Å²) in [4.78, 5) is 12.1. The van der Waals surface area contributed by atoms with Crippen LogP contribution in [0.15, 0.2) is 12.1 Å². The SMILES string of the molecule is CO[C@]1(C)OC(C)(C)c2ccc([C@@]3(C)CCCC(C)(C)C3)c([C@@H](C)C(=O)O)c21. The van der Waals surface area contributed by atoms with E-state index < -0.39 is 23.3 Å². The summed E-state index contributed by atoms with van der Waals surface area (Å²) in [5, 5.41) is 9.97. The first-order valence-electron chi connectivity index (χ1n) is 10.4. The number of carboxylic acids is 1. The van der Waals surface area contributed by atoms with Crippen LogP contribution in [0.5, 0.6) is 0 Å². The zero-order valence-corrected chi connectivity index (χ0v) is 18.7. The topological polar surface area (TPSA) is 55.8 Å². The van der Waals surface area contributed by atoms with E-state index in [9.17, 15) is 9.90 Å². The first kappa shape index (κ1) is 21.3. The Morgan fingerprint density at radius 1 is 1.11 bits per heavy atom. The Balaban J connectivity index is 2.32. The summed E-state index contributed by atoms with van der Waals surface area (Å²) in [7, 11) is 1.64. The molecule has 0 radical (unpaired) electrons. The smallest absolute Gasteiger partial charge is 0.310 e. The van der Waals surface area contributed by atoms with Crippen LogP contribution in [0.3, 0.4) is 0 Å². The molecule has 1 aliphatic heterocycles. The van der Waals surface area contributed by atoms with Gasteiger partial charge in [-0.1, -0.05) is 39.3 Å². The maximum Gasteiger partial charge on any atom is 0.310 e. The first-order valence-corrected chi connectivity index (χ1v) is 10.4. The Morgan fingerprint density at radius 2 is 1.71 bits per heavy atom. The van der Waals surface area contributed by atoms with Gasteiger partial charge >= 0.3 is 5.97 Å². The Kier molecular flexibility index (Phi) is 5.00. The van der Waals surface area contributed by atoms with Crippen molar-refractivity contribution in [1.29, 1.82) is 0 Å². The molecule has 0 unspecified atom stereocenters. The van der Waals surface area contributed by atoms with E-state index in [1.165, 1.54) is 6.42 Å².